The molecule has 5 nitrogen and oxygen atoms in total. The summed E-state index contributed by atoms with van der Waals surface area (Å²) < 4.78 is 5.39. The molecule has 1 aliphatic heterocycles. The molecule has 1 saturated heterocycles. The van der Waals surface area contributed by atoms with Gasteiger partial charge in [0.05, 0.1) is 0 Å². The highest BCUT2D eigenvalue weighted by Gasteiger charge is 2.19. The van der Waals surface area contributed by atoms with Crippen LogP contribution in [0.25, 0.3) is 11.4 Å². The summed E-state index contributed by atoms with van der Waals surface area (Å²) >= 11 is 0. The van der Waals surface area contributed by atoms with E-state index in [4.69, 9.17) is 4.52 Å². The Morgan fingerprint density at radius 1 is 1.21 bits per heavy atom. The Bertz CT molecular complexity index is 582. The van der Waals surface area contributed by atoms with Gasteiger partial charge in [0, 0.05) is 18.5 Å². The highest BCUT2D eigenvalue weighted by Crippen LogP contribution is 2.20. The first-order valence-corrected chi connectivity index (χ1v) is 8.60. The third-order valence-corrected chi connectivity index (χ3v) is 4.65. The topological polar surface area (TPSA) is 54.2 Å². The summed E-state index contributed by atoms with van der Waals surface area (Å²) in [7, 11) is 2.03. The zero-order valence-corrected chi connectivity index (χ0v) is 15.1. The van der Waals surface area contributed by atoms with Crippen molar-refractivity contribution in [3.8, 4) is 11.4 Å². The van der Waals surface area contributed by atoms with Crippen LogP contribution in [0.15, 0.2) is 34.9 Å². The summed E-state index contributed by atoms with van der Waals surface area (Å²) in [4.78, 5) is 7.02. The minimum absolute atomic E-state index is 0. The summed E-state index contributed by atoms with van der Waals surface area (Å²) in [6, 6.07) is 9.98. The van der Waals surface area contributed by atoms with Gasteiger partial charge in [-0.15, -0.1) is 12.4 Å². The highest BCUT2D eigenvalue weighted by molar-refractivity contribution is 5.85. The van der Waals surface area contributed by atoms with E-state index in [1.165, 1.54) is 32.4 Å². The predicted octanol–water partition coefficient (Wildman–Crippen LogP) is 3.02. The first-order valence-electron chi connectivity index (χ1n) is 8.60. The molecule has 132 valence electrons. The van der Waals surface area contributed by atoms with E-state index in [1.807, 2.05) is 37.4 Å². The summed E-state index contributed by atoms with van der Waals surface area (Å²) in [6.45, 7) is 4.52. The molecule has 0 amide bonds. The Morgan fingerprint density at radius 3 is 2.67 bits per heavy atom. The van der Waals surface area contributed by atoms with Gasteiger partial charge >= 0.3 is 0 Å². The lowest BCUT2D eigenvalue weighted by atomic mass is 9.93. The lowest BCUT2D eigenvalue weighted by molar-refractivity contribution is 0.176. The molecule has 0 radical (unpaired) electrons. The molecule has 24 heavy (non-hydrogen) atoms. The van der Waals surface area contributed by atoms with Crippen molar-refractivity contribution in [1.29, 1.82) is 0 Å². The maximum Gasteiger partial charge on any atom is 0.228 e. The molecule has 2 aromatic rings. The number of nitrogens with one attached hydrogen (secondary N) is 1. The van der Waals surface area contributed by atoms with Gasteiger partial charge in [-0.1, -0.05) is 35.5 Å². The van der Waals surface area contributed by atoms with Crippen LogP contribution < -0.4 is 5.32 Å². The maximum absolute atomic E-state index is 5.39. The van der Waals surface area contributed by atoms with Crippen LogP contribution in [0.3, 0.4) is 0 Å². The molecule has 1 aromatic carbocycles. The maximum atomic E-state index is 5.39. The van der Waals surface area contributed by atoms with Gasteiger partial charge in [-0.2, -0.15) is 4.98 Å². The average Bonchev–Trinajstić information content (AvgIpc) is 3.09. The Balaban J connectivity index is 0.00000208. The number of benzene rings is 1. The molecule has 1 aromatic heterocycles. The fraction of sp³-hybridized carbons (Fsp3) is 0.556. The summed E-state index contributed by atoms with van der Waals surface area (Å²) in [5.74, 6) is 2.30. The molecule has 2 heterocycles. The molecule has 0 bridgehead atoms. The summed E-state index contributed by atoms with van der Waals surface area (Å²) in [5, 5.41) is 7.33. The second kappa shape index (κ2) is 9.77. The number of halogens is 1. The van der Waals surface area contributed by atoms with E-state index < -0.39 is 0 Å². The molecular formula is C18H27ClN4O. The molecule has 0 aliphatic carbocycles. The monoisotopic (exact) mass is 350 g/mol. The van der Waals surface area contributed by atoms with E-state index in [9.17, 15) is 0 Å². The van der Waals surface area contributed by atoms with Crippen molar-refractivity contribution in [3.63, 3.8) is 0 Å². The molecule has 0 spiro atoms. The Hall–Kier alpha value is -1.43. The highest BCUT2D eigenvalue weighted by atomic mass is 35.5. The summed E-state index contributed by atoms with van der Waals surface area (Å²) in [5.41, 5.74) is 1.01. The third kappa shape index (κ3) is 5.30. The van der Waals surface area contributed by atoms with Gasteiger partial charge in [-0.25, -0.2) is 0 Å². The van der Waals surface area contributed by atoms with Gasteiger partial charge in [0.2, 0.25) is 11.7 Å². The molecule has 6 heteroatoms. The summed E-state index contributed by atoms with van der Waals surface area (Å²) in [6.07, 6.45) is 4.75. The molecule has 1 aliphatic rings. The fourth-order valence-electron chi connectivity index (χ4n) is 3.16. The second-order valence-electron chi connectivity index (χ2n) is 6.30. The number of hydrogen-bond donors (Lipinski definition) is 1. The first kappa shape index (κ1) is 18.9. The van der Waals surface area contributed by atoms with Crippen molar-refractivity contribution in [2.45, 2.75) is 25.7 Å². The number of nitrogens with zero attached hydrogens (tertiary/aromatic N) is 3. The van der Waals surface area contributed by atoms with E-state index in [2.05, 4.69) is 20.4 Å². The lowest BCUT2D eigenvalue weighted by Gasteiger charge is -2.31. The number of hydrogen-bond acceptors (Lipinski definition) is 5. The SMILES string of the molecule is CNCCC1CCN(CCc2nc(-c3ccccc3)no2)CC1.Cl. The van der Waals surface area contributed by atoms with Crippen LogP contribution >= 0.6 is 12.4 Å². The normalized spacial score (nSPS) is 16.0. The van der Waals surface area contributed by atoms with Crippen LogP contribution in [0.5, 0.6) is 0 Å². The van der Waals surface area contributed by atoms with Gasteiger partial charge in [-0.05, 0) is 51.9 Å². The van der Waals surface area contributed by atoms with Gasteiger partial charge in [0.25, 0.3) is 0 Å². The molecule has 3 rings (SSSR count). The standard InChI is InChI=1S/C18H26N4O.ClH/c1-19-11-7-15-8-12-22(13-9-15)14-10-17-20-18(21-23-17)16-5-3-2-4-6-16;/h2-6,15,19H,7-14H2,1H3;1H. The van der Waals surface area contributed by atoms with Crippen molar-refractivity contribution in [1.82, 2.24) is 20.4 Å². The smallest absolute Gasteiger partial charge is 0.228 e. The van der Waals surface area contributed by atoms with E-state index in [0.717, 1.165) is 36.9 Å². The van der Waals surface area contributed by atoms with Crippen LogP contribution in [-0.2, 0) is 6.42 Å². The average molecular weight is 351 g/mol. The zero-order chi connectivity index (χ0) is 15.9. The van der Waals surface area contributed by atoms with E-state index in [-0.39, 0.29) is 12.4 Å². The first-order chi connectivity index (χ1) is 11.3. The van der Waals surface area contributed by atoms with E-state index >= 15 is 0 Å². The van der Waals surface area contributed by atoms with Crippen molar-refractivity contribution < 1.29 is 4.52 Å². The van der Waals surface area contributed by atoms with Crippen LogP contribution in [0.2, 0.25) is 0 Å². The van der Waals surface area contributed by atoms with Crippen molar-refractivity contribution >= 4 is 12.4 Å². The fourth-order valence-corrected chi connectivity index (χ4v) is 3.16. The number of rotatable bonds is 7. The van der Waals surface area contributed by atoms with Crippen LogP contribution in [0.4, 0.5) is 0 Å². The van der Waals surface area contributed by atoms with Crippen molar-refractivity contribution in [3.05, 3.63) is 36.2 Å². The molecule has 1 fully saturated rings. The quantitative estimate of drug-likeness (QED) is 0.831. The minimum Gasteiger partial charge on any atom is -0.339 e. The largest absolute Gasteiger partial charge is 0.339 e. The Morgan fingerprint density at radius 2 is 1.96 bits per heavy atom. The second-order valence-corrected chi connectivity index (χ2v) is 6.30. The minimum atomic E-state index is 0. The van der Waals surface area contributed by atoms with Gasteiger partial charge < -0.3 is 14.7 Å². The zero-order valence-electron chi connectivity index (χ0n) is 14.3. The van der Waals surface area contributed by atoms with Crippen LogP contribution in [0.1, 0.15) is 25.2 Å². The van der Waals surface area contributed by atoms with Crippen molar-refractivity contribution in [2.24, 2.45) is 5.92 Å². The number of likely N-dealkylation sites (tertiary alicyclic amines) is 1. The Kier molecular flexibility index (Phi) is 7.69. The molecular weight excluding hydrogens is 324 g/mol. The van der Waals surface area contributed by atoms with E-state index in [0.29, 0.717) is 5.82 Å². The number of piperidine rings is 1. The van der Waals surface area contributed by atoms with Gasteiger partial charge in [-0.3, -0.25) is 0 Å². The van der Waals surface area contributed by atoms with Crippen LogP contribution in [0, 0.1) is 5.92 Å². The molecule has 0 saturated carbocycles. The van der Waals surface area contributed by atoms with Crippen molar-refractivity contribution in [2.75, 3.05) is 33.2 Å². The molecule has 0 unspecified atom stereocenters. The Labute approximate surface area is 150 Å². The lowest BCUT2D eigenvalue weighted by Crippen LogP contribution is -2.35. The van der Waals surface area contributed by atoms with Gasteiger partial charge in [0.1, 0.15) is 0 Å². The third-order valence-electron chi connectivity index (χ3n) is 4.65. The molecule has 0 atom stereocenters. The molecule has 1 N–H and O–H groups in total. The van der Waals surface area contributed by atoms with E-state index in [1.54, 1.807) is 0 Å². The number of aromatic nitrogens is 2. The van der Waals surface area contributed by atoms with Crippen LogP contribution in [-0.4, -0.2) is 48.3 Å². The predicted molar refractivity (Wildman–Crippen MR) is 98.4 cm³/mol. The van der Waals surface area contributed by atoms with Gasteiger partial charge in [0.15, 0.2) is 0 Å².